The standard InChI is InChI=1S/C25H27FN4O2/c1-18(27-24(31)15-10-19-7-4-3-5-8-19)25(32)30(2)16-6-9-22-17-23(29-28-22)20-11-13-21(26)14-12-20/h3-5,7-8,10-15,17-18H,6,9,16H2,1-2H3,(H,27,31)(H,28,29). The number of benzene rings is 2. The monoisotopic (exact) mass is 434 g/mol. The normalized spacial score (nSPS) is 12.0. The Hall–Kier alpha value is -3.74. The first kappa shape index (κ1) is 22.9. The highest BCUT2D eigenvalue weighted by molar-refractivity contribution is 5.95. The van der Waals surface area contributed by atoms with Crippen LogP contribution in [0.5, 0.6) is 0 Å². The van der Waals surface area contributed by atoms with Crippen molar-refractivity contribution in [1.29, 1.82) is 0 Å². The molecule has 0 radical (unpaired) electrons. The van der Waals surface area contributed by atoms with Crippen LogP contribution in [0.2, 0.25) is 0 Å². The Labute approximate surface area is 187 Å². The average Bonchev–Trinajstić information content (AvgIpc) is 3.27. The van der Waals surface area contributed by atoms with E-state index in [0.29, 0.717) is 13.0 Å². The molecule has 7 heteroatoms. The molecule has 2 aromatic carbocycles. The summed E-state index contributed by atoms with van der Waals surface area (Å²) in [6.45, 7) is 2.22. The number of rotatable bonds is 9. The predicted molar refractivity (Wildman–Crippen MR) is 123 cm³/mol. The van der Waals surface area contributed by atoms with Gasteiger partial charge in [0, 0.05) is 30.9 Å². The molecule has 0 aliphatic carbocycles. The van der Waals surface area contributed by atoms with Crippen LogP contribution in [0.25, 0.3) is 17.3 Å². The Kier molecular flexibility index (Phi) is 7.91. The molecule has 6 nitrogen and oxygen atoms in total. The molecule has 2 amide bonds. The van der Waals surface area contributed by atoms with Gasteiger partial charge in [-0.1, -0.05) is 30.3 Å². The van der Waals surface area contributed by atoms with Crippen LogP contribution in [-0.2, 0) is 16.0 Å². The van der Waals surface area contributed by atoms with Crippen molar-refractivity contribution < 1.29 is 14.0 Å². The third-order valence-corrected chi connectivity index (χ3v) is 5.04. The van der Waals surface area contributed by atoms with Gasteiger partial charge < -0.3 is 10.2 Å². The molecule has 3 rings (SSSR count). The highest BCUT2D eigenvalue weighted by atomic mass is 19.1. The van der Waals surface area contributed by atoms with E-state index in [1.165, 1.54) is 18.2 Å². The minimum absolute atomic E-state index is 0.150. The van der Waals surface area contributed by atoms with Gasteiger partial charge >= 0.3 is 0 Å². The van der Waals surface area contributed by atoms with E-state index in [9.17, 15) is 14.0 Å². The predicted octanol–water partition coefficient (Wildman–Crippen LogP) is 3.82. The number of hydrogen-bond donors (Lipinski definition) is 2. The zero-order valence-electron chi connectivity index (χ0n) is 18.2. The van der Waals surface area contributed by atoms with Crippen LogP contribution >= 0.6 is 0 Å². The van der Waals surface area contributed by atoms with Gasteiger partial charge in [-0.3, -0.25) is 14.7 Å². The lowest BCUT2D eigenvalue weighted by Crippen LogP contribution is -2.45. The van der Waals surface area contributed by atoms with Gasteiger partial charge in [0.05, 0.1) is 5.69 Å². The second-order valence-electron chi connectivity index (χ2n) is 7.62. The maximum atomic E-state index is 13.1. The zero-order chi connectivity index (χ0) is 22.9. The number of carbonyl (C=O) groups is 2. The van der Waals surface area contributed by atoms with Crippen LogP contribution in [-0.4, -0.2) is 46.5 Å². The smallest absolute Gasteiger partial charge is 0.244 e. The molecule has 0 bridgehead atoms. The number of likely N-dealkylation sites (N-methyl/N-ethyl adjacent to an activating group) is 1. The summed E-state index contributed by atoms with van der Waals surface area (Å²) in [5.74, 6) is -0.744. The van der Waals surface area contributed by atoms with Crippen LogP contribution < -0.4 is 5.32 Å². The van der Waals surface area contributed by atoms with E-state index in [1.807, 2.05) is 36.4 Å². The largest absolute Gasteiger partial charge is 0.344 e. The topological polar surface area (TPSA) is 78.1 Å². The number of H-pyrrole nitrogens is 1. The van der Waals surface area contributed by atoms with E-state index in [-0.39, 0.29) is 17.6 Å². The first-order valence-electron chi connectivity index (χ1n) is 10.5. The van der Waals surface area contributed by atoms with Crippen LogP contribution in [0.1, 0.15) is 24.6 Å². The van der Waals surface area contributed by atoms with Crippen molar-refractivity contribution in [2.24, 2.45) is 0 Å². The van der Waals surface area contributed by atoms with Crippen molar-refractivity contribution in [3.05, 3.63) is 83.8 Å². The minimum atomic E-state index is -0.620. The molecule has 166 valence electrons. The van der Waals surface area contributed by atoms with Gasteiger partial charge in [-0.15, -0.1) is 0 Å². The number of nitrogens with zero attached hydrogens (tertiary/aromatic N) is 2. The summed E-state index contributed by atoms with van der Waals surface area (Å²) in [5, 5.41) is 9.96. The number of hydrogen-bond acceptors (Lipinski definition) is 3. The number of nitrogens with one attached hydrogen (secondary N) is 2. The van der Waals surface area contributed by atoms with Crippen LogP contribution in [0.4, 0.5) is 4.39 Å². The highest BCUT2D eigenvalue weighted by Gasteiger charge is 2.18. The SMILES string of the molecule is CC(NC(=O)C=Cc1ccccc1)C(=O)N(C)CCCc1cc(-c2ccc(F)cc2)n[nH]1. The second kappa shape index (κ2) is 11.0. The van der Waals surface area contributed by atoms with E-state index in [0.717, 1.165) is 28.9 Å². The Bertz CT molecular complexity index is 1060. The maximum Gasteiger partial charge on any atom is 0.244 e. The van der Waals surface area contributed by atoms with Crippen molar-refractivity contribution in [2.45, 2.75) is 25.8 Å². The third kappa shape index (κ3) is 6.63. The number of halogens is 1. The van der Waals surface area contributed by atoms with Crippen LogP contribution in [0.3, 0.4) is 0 Å². The van der Waals surface area contributed by atoms with E-state index < -0.39 is 6.04 Å². The summed E-state index contributed by atoms with van der Waals surface area (Å²) in [5.41, 5.74) is 3.45. The Morgan fingerprint density at radius 2 is 1.88 bits per heavy atom. The number of amides is 2. The van der Waals surface area contributed by atoms with Crippen LogP contribution in [0, 0.1) is 5.82 Å². The first-order valence-corrected chi connectivity index (χ1v) is 10.5. The fraction of sp³-hybridized carbons (Fsp3) is 0.240. The number of aromatic amines is 1. The highest BCUT2D eigenvalue weighted by Crippen LogP contribution is 2.18. The molecule has 1 atom stereocenters. The summed E-state index contributed by atoms with van der Waals surface area (Å²) >= 11 is 0. The first-order chi connectivity index (χ1) is 15.4. The molecular formula is C25H27FN4O2. The molecule has 1 aromatic heterocycles. The summed E-state index contributed by atoms with van der Waals surface area (Å²) in [6, 6.07) is 17.0. The Balaban J connectivity index is 1.42. The lowest BCUT2D eigenvalue weighted by Gasteiger charge is -2.21. The molecule has 0 aliphatic rings. The van der Waals surface area contributed by atoms with Crippen molar-refractivity contribution in [3.63, 3.8) is 0 Å². The Morgan fingerprint density at radius 1 is 1.16 bits per heavy atom. The fourth-order valence-electron chi connectivity index (χ4n) is 3.26. The molecule has 3 aromatic rings. The van der Waals surface area contributed by atoms with Gasteiger partial charge in [0.1, 0.15) is 11.9 Å². The molecular weight excluding hydrogens is 407 g/mol. The van der Waals surface area contributed by atoms with Gasteiger partial charge in [0.2, 0.25) is 11.8 Å². The van der Waals surface area contributed by atoms with Gasteiger partial charge in [-0.25, -0.2) is 4.39 Å². The van der Waals surface area contributed by atoms with E-state index in [2.05, 4.69) is 15.5 Å². The lowest BCUT2D eigenvalue weighted by molar-refractivity contribution is -0.134. The number of carbonyl (C=O) groups excluding carboxylic acids is 2. The molecule has 0 aliphatic heterocycles. The van der Waals surface area contributed by atoms with Gasteiger partial charge in [-0.2, -0.15) is 5.10 Å². The molecule has 0 fully saturated rings. The molecule has 2 N–H and O–H groups in total. The fourth-order valence-corrected chi connectivity index (χ4v) is 3.26. The molecule has 32 heavy (non-hydrogen) atoms. The number of aromatic nitrogens is 2. The molecule has 0 saturated heterocycles. The Morgan fingerprint density at radius 3 is 2.59 bits per heavy atom. The molecule has 1 heterocycles. The number of aryl methyl sites for hydroxylation is 1. The lowest BCUT2D eigenvalue weighted by atomic mass is 10.1. The zero-order valence-corrected chi connectivity index (χ0v) is 18.2. The van der Waals surface area contributed by atoms with Crippen molar-refractivity contribution >= 4 is 17.9 Å². The average molecular weight is 435 g/mol. The van der Waals surface area contributed by atoms with E-state index in [4.69, 9.17) is 0 Å². The summed E-state index contributed by atoms with van der Waals surface area (Å²) in [4.78, 5) is 26.3. The van der Waals surface area contributed by atoms with Gasteiger partial charge in [-0.05, 0) is 61.7 Å². The van der Waals surface area contributed by atoms with Gasteiger partial charge in [0.25, 0.3) is 0 Å². The summed E-state index contributed by atoms with van der Waals surface area (Å²) < 4.78 is 13.1. The van der Waals surface area contributed by atoms with Crippen molar-refractivity contribution in [3.8, 4) is 11.3 Å². The van der Waals surface area contributed by atoms with E-state index in [1.54, 1.807) is 37.1 Å². The summed E-state index contributed by atoms with van der Waals surface area (Å²) in [6.07, 6.45) is 4.59. The second-order valence-corrected chi connectivity index (χ2v) is 7.62. The molecule has 0 spiro atoms. The minimum Gasteiger partial charge on any atom is -0.344 e. The van der Waals surface area contributed by atoms with Crippen molar-refractivity contribution in [2.75, 3.05) is 13.6 Å². The van der Waals surface area contributed by atoms with Crippen molar-refractivity contribution in [1.82, 2.24) is 20.4 Å². The van der Waals surface area contributed by atoms with Crippen LogP contribution in [0.15, 0.2) is 66.7 Å². The molecule has 0 saturated carbocycles. The maximum absolute atomic E-state index is 13.1. The summed E-state index contributed by atoms with van der Waals surface area (Å²) in [7, 11) is 1.72. The third-order valence-electron chi connectivity index (χ3n) is 5.04. The quantitative estimate of drug-likeness (QED) is 0.503. The van der Waals surface area contributed by atoms with E-state index >= 15 is 0 Å². The molecule has 1 unspecified atom stereocenters. The van der Waals surface area contributed by atoms with Gasteiger partial charge in [0.15, 0.2) is 0 Å².